The Morgan fingerprint density at radius 3 is 2.50 bits per heavy atom. The molecule has 1 aliphatic heterocycles. The Bertz CT molecular complexity index is 1570. The number of H-pyrrole nitrogens is 1. The second kappa shape index (κ2) is 10.2. The third-order valence-corrected chi connectivity index (χ3v) is 8.52. The number of hydrogen-bond acceptors (Lipinski definition) is 8. The van der Waals surface area contributed by atoms with Crippen molar-refractivity contribution in [2.75, 3.05) is 30.6 Å². The maximum absolute atomic E-state index is 11.7. The monoisotopic (exact) mass is 575 g/mol. The number of aromatic amines is 1. The molecule has 200 valence electrons. The number of halogens is 2. The third kappa shape index (κ3) is 5.12. The van der Waals surface area contributed by atoms with Crippen LogP contribution < -0.4 is 14.4 Å². The number of benzene rings is 1. The van der Waals surface area contributed by atoms with Crippen molar-refractivity contribution in [1.29, 1.82) is 0 Å². The number of pyridine rings is 2. The van der Waals surface area contributed by atoms with Gasteiger partial charge < -0.3 is 14.4 Å². The van der Waals surface area contributed by atoms with Crippen LogP contribution in [0.15, 0.2) is 42.9 Å². The molecule has 0 radical (unpaired) electrons. The highest BCUT2D eigenvalue weighted by molar-refractivity contribution is 7.90. The van der Waals surface area contributed by atoms with Crippen molar-refractivity contribution in [1.82, 2.24) is 20.2 Å². The Labute approximate surface area is 231 Å². The van der Waals surface area contributed by atoms with Gasteiger partial charge in [0.2, 0.25) is 0 Å². The predicted molar refractivity (Wildman–Crippen MR) is 149 cm³/mol. The quantitative estimate of drug-likeness (QED) is 0.299. The van der Waals surface area contributed by atoms with E-state index in [0.29, 0.717) is 39.3 Å². The second-order valence-electron chi connectivity index (χ2n) is 9.55. The van der Waals surface area contributed by atoms with Crippen LogP contribution in [0, 0.1) is 5.92 Å². The molecule has 4 aromatic rings. The lowest BCUT2D eigenvalue weighted by Gasteiger charge is -2.47. The summed E-state index contributed by atoms with van der Waals surface area (Å²) in [5, 5.41) is 9.24. The van der Waals surface area contributed by atoms with Crippen molar-refractivity contribution in [3.05, 3.63) is 58.5 Å². The summed E-state index contributed by atoms with van der Waals surface area (Å²) in [7, 11) is -1.44. The fraction of sp³-hybridized carbons (Fsp3) is 0.346. The van der Waals surface area contributed by atoms with E-state index in [4.69, 9.17) is 32.7 Å². The molecule has 3 atom stereocenters. The molecule has 0 saturated carbocycles. The number of ether oxygens (including phenoxy) is 2. The van der Waals surface area contributed by atoms with Gasteiger partial charge in [-0.05, 0) is 32.0 Å². The number of nitrogens with zero attached hydrogens (tertiary/aromatic N) is 4. The average molecular weight is 577 g/mol. The van der Waals surface area contributed by atoms with E-state index in [0.717, 1.165) is 22.3 Å². The Hall–Kier alpha value is -3.08. The van der Waals surface area contributed by atoms with Gasteiger partial charge in [-0.3, -0.25) is 10.1 Å². The smallest absolute Gasteiger partial charge is 0.162 e. The minimum Gasteiger partial charge on any atom is -0.493 e. The largest absolute Gasteiger partial charge is 0.493 e. The molecule has 1 saturated heterocycles. The molecule has 1 aromatic carbocycles. The van der Waals surface area contributed by atoms with Gasteiger partial charge >= 0.3 is 0 Å². The van der Waals surface area contributed by atoms with Crippen molar-refractivity contribution in [2.45, 2.75) is 26.0 Å². The number of fused-ring (bicyclic) bond motifs is 1. The van der Waals surface area contributed by atoms with E-state index in [1.165, 1.54) is 18.6 Å². The molecule has 3 aromatic heterocycles. The number of sulfone groups is 1. The summed E-state index contributed by atoms with van der Waals surface area (Å²) in [4.78, 5) is 10.8. The molecule has 0 unspecified atom stereocenters. The SMILES string of the molecule is COc1cc2[nH]nc(-c3ccc(N4C[C@H](CS(C)(=O)=O)[C@H]4C)nc3)c2cc1O[C@H](C)c1c(Cl)cncc1Cl. The highest BCUT2D eigenvalue weighted by Gasteiger charge is 2.38. The number of methoxy groups -OCH3 is 1. The van der Waals surface area contributed by atoms with Gasteiger partial charge in [0, 0.05) is 65.9 Å². The van der Waals surface area contributed by atoms with Gasteiger partial charge in [-0.1, -0.05) is 23.2 Å². The molecule has 0 amide bonds. The molecule has 38 heavy (non-hydrogen) atoms. The van der Waals surface area contributed by atoms with E-state index in [1.54, 1.807) is 13.3 Å². The summed E-state index contributed by atoms with van der Waals surface area (Å²) in [5.41, 5.74) is 2.95. The summed E-state index contributed by atoms with van der Waals surface area (Å²) in [6, 6.07) is 7.69. The van der Waals surface area contributed by atoms with Crippen LogP contribution in [0.1, 0.15) is 25.5 Å². The normalized spacial score (nSPS) is 18.3. The second-order valence-corrected chi connectivity index (χ2v) is 12.5. The topological polar surface area (TPSA) is 110 Å². The first-order valence-electron chi connectivity index (χ1n) is 12.0. The van der Waals surface area contributed by atoms with Crippen molar-refractivity contribution in [3.63, 3.8) is 0 Å². The first-order valence-corrected chi connectivity index (χ1v) is 14.8. The van der Waals surface area contributed by atoms with Crippen molar-refractivity contribution in [2.24, 2.45) is 5.92 Å². The lowest BCUT2D eigenvalue weighted by molar-refractivity contribution is 0.216. The summed E-state index contributed by atoms with van der Waals surface area (Å²) in [5.74, 6) is 2.14. The van der Waals surface area contributed by atoms with Crippen molar-refractivity contribution in [3.8, 4) is 22.8 Å². The van der Waals surface area contributed by atoms with Crippen LogP contribution in [0.25, 0.3) is 22.2 Å². The number of rotatable bonds is 8. The van der Waals surface area contributed by atoms with Crippen LogP contribution in [-0.4, -0.2) is 60.3 Å². The highest BCUT2D eigenvalue weighted by Crippen LogP contribution is 2.40. The van der Waals surface area contributed by atoms with Gasteiger partial charge in [0.25, 0.3) is 0 Å². The van der Waals surface area contributed by atoms with Gasteiger partial charge in [-0.2, -0.15) is 5.10 Å². The molecule has 12 heteroatoms. The zero-order chi connectivity index (χ0) is 27.2. The number of hydrogen-bond donors (Lipinski definition) is 1. The van der Waals surface area contributed by atoms with E-state index >= 15 is 0 Å². The molecule has 1 fully saturated rings. The van der Waals surface area contributed by atoms with Gasteiger partial charge in [-0.25, -0.2) is 13.4 Å². The molecule has 1 N–H and O–H groups in total. The molecule has 4 heterocycles. The van der Waals surface area contributed by atoms with E-state index in [2.05, 4.69) is 25.1 Å². The Kier molecular flexibility index (Phi) is 7.15. The first kappa shape index (κ1) is 26.5. The van der Waals surface area contributed by atoms with Crippen LogP contribution in [-0.2, 0) is 9.84 Å². The summed E-state index contributed by atoms with van der Waals surface area (Å²) in [6.07, 6.45) is 5.64. The first-order chi connectivity index (χ1) is 18.1. The van der Waals surface area contributed by atoms with E-state index in [1.807, 2.05) is 38.1 Å². The minimum atomic E-state index is -3.01. The molecule has 5 rings (SSSR count). The summed E-state index contributed by atoms with van der Waals surface area (Å²) < 4.78 is 35.1. The molecule has 0 spiro atoms. The maximum Gasteiger partial charge on any atom is 0.162 e. The number of anilines is 1. The average Bonchev–Trinajstić information content (AvgIpc) is 3.28. The van der Waals surface area contributed by atoms with Gasteiger partial charge in [0.15, 0.2) is 11.5 Å². The van der Waals surface area contributed by atoms with Crippen LogP contribution >= 0.6 is 23.2 Å². The molecule has 1 aliphatic rings. The third-order valence-electron chi connectivity index (χ3n) is 6.89. The molecular formula is C26H27Cl2N5O4S. The zero-order valence-corrected chi connectivity index (χ0v) is 23.6. The Morgan fingerprint density at radius 2 is 1.89 bits per heavy atom. The van der Waals surface area contributed by atoms with Gasteiger partial charge in [-0.15, -0.1) is 0 Å². The highest BCUT2D eigenvalue weighted by atomic mass is 35.5. The minimum absolute atomic E-state index is 0.103. The van der Waals surface area contributed by atoms with Gasteiger partial charge in [0.05, 0.1) is 28.4 Å². The zero-order valence-electron chi connectivity index (χ0n) is 21.3. The van der Waals surface area contributed by atoms with E-state index < -0.39 is 15.9 Å². The van der Waals surface area contributed by atoms with Crippen LogP contribution in [0.2, 0.25) is 10.0 Å². The summed E-state index contributed by atoms with van der Waals surface area (Å²) >= 11 is 12.7. The predicted octanol–water partition coefficient (Wildman–Crippen LogP) is 5.34. The lowest BCUT2D eigenvalue weighted by Crippen LogP contribution is -2.57. The van der Waals surface area contributed by atoms with Crippen molar-refractivity contribution >= 4 is 49.8 Å². The molecular weight excluding hydrogens is 549 g/mol. The van der Waals surface area contributed by atoms with E-state index in [-0.39, 0.29) is 17.7 Å². The fourth-order valence-electron chi connectivity index (χ4n) is 4.82. The molecule has 0 bridgehead atoms. The Balaban J connectivity index is 1.41. The fourth-order valence-corrected chi connectivity index (χ4v) is 6.66. The van der Waals surface area contributed by atoms with Crippen LogP contribution in [0.5, 0.6) is 11.5 Å². The standard InChI is InChI=1S/C26H27Cl2N5O4S/c1-14-17(13-38(4,34)35)12-33(14)24-6-5-16(9-30-24)26-18-7-23(22(36-3)8-21(18)31-32-26)37-15(2)25-19(27)10-29-11-20(25)28/h5-11,14-15,17H,12-13H2,1-4H3,(H,31,32)/t14-,15-,17-/m1/s1. The Morgan fingerprint density at radius 1 is 1.16 bits per heavy atom. The van der Waals surface area contributed by atoms with Crippen molar-refractivity contribution < 1.29 is 17.9 Å². The number of nitrogens with one attached hydrogen (secondary N) is 1. The summed E-state index contributed by atoms with van der Waals surface area (Å²) in [6.45, 7) is 4.54. The molecule has 0 aliphatic carbocycles. The lowest BCUT2D eigenvalue weighted by atomic mass is 9.92. The molecule has 9 nitrogen and oxygen atoms in total. The van der Waals surface area contributed by atoms with E-state index in [9.17, 15) is 8.42 Å². The van der Waals surface area contributed by atoms with Crippen LogP contribution in [0.3, 0.4) is 0 Å². The number of aromatic nitrogens is 4. The van der Waals surface area contributed by atoms with Crippen LogP contribution in [0.4, 0.5) is 5.82 Å². The maximum atomic E-state index is 11.7. The van der Waals surface area contributed by atoms with Gasteiger partial charge in [0.1, 0.15) is 27.5 Å².